The van der Waals surface area contributed by atoms with Gasteiger partial charge in [0, 0.05) is 24.6 Å². The average Bonchev–Trinajstić information content (AvgIpc) is 3.16. The molecule has 0 unspecified atom stereocenters. The second kappa shape index (κ2) is 8.88. The van der Waals surface area contributed by atoms with Crippen molar-refractivity contribution in [2.24, 2.45) is 0 Å². The van der Waals surface area contributed by atoms with Crippen LogP contribution in [0.15, 0.2) is 47.0 Å². The molecule has 0 aliphatic heterocycles. The predicted octanol–water partition coefficient (Wildman–Crippen LogP) is 3.28. The zero-order chi connectivity index (χ0) is 19.1. The average molecular weight is 366 g/mol. The Morgan fingerprint density at radius 3 is 2.59 bits per heavy atom. The summed E-state index contributed by atoms with van der Waals surface area (Å²) in [6, 6.07) is 12.6. The highest BCUT2D eigenvalue weighted by atomic mass is 16.5. The van der Waals surface area contributed by atoms with Crippen molar-refractivity contribution in [3.05, 3.63) is 59.9 Å². The number of rotatable bonds is 8. The Labute approximate surface area is 157 Å². The van der Waals surface area contributed by atoms with Gasteiger partial charge in [0.25, 0.3) is 5.91 Å². The number of nitrogens with zero attached hydrogens (tertiary/aromatic N) is 4. The van der Waals surface area contributed by atoms with Crippen LogP contribution in [0.2, 0.25) is 0 Å². The second-order valence-corrected chi connectivity index (χ2v) is 6.36. The topological polar surface area (TPSA) is 106 Å². The zero-order valence-corrected chi connectivity index (χ0v) is 15.3. The number of aryl methyl sites for hydroxylation is 1. The Hall–Kier alpha value is -3.29. The highest BCUT2D eigenvalue weighted by Gasteiger charge is 2.10. The Morgan fingerprint density at radius 2 is 1.93 bits per heavy atom. The summed E-state index contributed by atoms with van der Waals surface area (Å²) >= 11 is 0. The molecule has 0 saturated heterocycles. The number of benzene rings is 1. The summed E-state index contributed by atoms with van der Waals surface area (Å²) in [6.45, 7) is 4.74. The monoisotopic (exact) mass is 366 g/mol. The SMILES string of the molecule is CC(C)c1noc(CCCNc2ccc(C(=O)Nc3ccccc3)nn2)n1. The smallest absolute Gasteiger partial charge is 0.276 e. The van der Waals surface area contributed by atoms with Crippen LogP contribution in [0.3, 0.4) is 0 Å². The van der Waals surface area contributed by atoms with Crippen molar-refractivity contribution in [2.45, 2.75) is 32.6 Å². The first-order valence-corrected chi connectivity index (χ1v) is 8.88. The Balaban J connectivity index is 1.44. The third kappa shape index (κ3) is 5.34. The van der Waals surface area contributed by atoms with Crippen molar-refractivity contribution in [1.82, 2.24) is 20.3 Å². The molecular formula is C19H22N6O2. The largest absolute Gasteiger partial charge is 0.369 e. The number of carbonyl (C=O) groups excluding carboxylic acids is 1. The molecule has 0 spiro atoms. The number of para-hydroxylation sites is 1. The molecule has 0 bridgehead atoms. The maximum atomic E-state index is 12.1. The molecule has 0 saturated carbocycles. The van der Waals surface area contributed by atoms with Gasteiger partial charge < -0.3 is 15.2 Å². The van der Waals surface area contributed by atoms with Gasteiger partial charge in [-0.1, -0.05) is 37.2 Å². The molecule has 2 N–H and O–H groups in total. The van der Waals surface area contributed by atoms with Gasteiger partial charge in [-0.15, -0.1) is 10.2 Å². The lowest BCUT2D eigenvalue weighted by molar-refractivity contribution is 0.102. The zero-order valence-electron chi connectivity index (χ0n) is 15.3. The van der Waals surface area contributed by atoms with Crippen molar-refractivity contribution >= 4 is 17.4 Å². The van der Waals surface area contributed by atoms with Gasteiger partial charge in [-0.2, -0.15) is 4.98 Å². The number of hydrogen-bond donors (Lipinski definition) is 2. The van der Waals surface area contributed by atoms with E-state index in [4.69, 9.17) is 4.52 Å². The van der Waals surface area contributed by atoms with Gasteiger partial charge in [-0.25, -0.2) is 0 Å². The molecule has 8 nitrogen and oxygen atoms in total. The van der Waals surface area contributed by atoms with Crippen molar-refractivity contribution in [2.75, 3.05) is 17.2 Å². The molecule has 8 heteroatoms. The molecule has 1 aromatic carbocycles. The molecule has 140 valence electrons. The fourth-order valence-corrected chi connectivity index (χ4v) is 2.32. The summed E-state index contributed by atoms with van der Waals surface area (Å²) in [6.07, 6.45) is 1.51. The summed E-state index contributed by atoms with van der Waals surface area (Å²) in [7, 11) is 0. The summed E-state index contributed by atoms with van der Waals surface area (Å²) < 4.78 is 5.21. The molecule has 0 fully saturated rings. The standard InChI is InChI=1S/C19H22N6O2/c1-13(2)18-22-17(27-25-18)9-6-12-20-16-11-10-15(23-24-16)19(26)21-14-7-4-3-5-8-14/h3-5,7-8,10-11,13H,6,9,12H2,1-2H3,(H,20,24)(H,21,26). The van der Waals surface area contributed by atoms with Gasteiger partial charge in [0.2, 0.25) is 5.89 Å². The van der Waals surface area contributed by atoms with E-state index in [2.05, 4.69) is 31.0 Å². The number of carbonyl (C=O) groups is 1. The molecule has 3 aromatic rings. The minimum absolute atomic E-state index is 0.258. The van der Waals surface area contributed by atoms with Crippen LogP contribution in [-0.4, -0.2) is 32.8 Å². The molecule has 0 radical (unpaired) electrons. The van der Waals surface area contributed by atoms with Gasteiger partial charge >= 0.3 is 0 Å². The van der Waals surface area contributed by atoms with Crippen LogP contribution in [0, 0.1) is 0 Å². The van der Waals surface area contributed by atoms with Gasteiger partial charge in [0.1, 0.15) is 5.82 Å². The summed E-state index contributed by atoms with van der Waals surface area (Å²) in [5, 5.41) is 17.9. The van der Waals surface area contributed by atoms with Crippen molar-refractivity contribution in [3.63, 3.8) is 0 Å². The minimum Gasteiger partial charge on any atom is -0.369 e. The lowest BCUT2D eigenvalue weighted by atomic mass is 10.2. The molecule has 0 atom stereocenters. The Morgan fingerprint density at radius 1 is 1.11 bits per heavy atom. The van der Waals surface area contributed by atoms with E-state index in [0.29, 0.717) is 30.4 Å². The van der Waals surface area contributed by atoms with Crippen LogP contribution < -0.4 is 10.6 Å². The highest BCUT2D eigenvalue weighted by Crippen LogP contribution is 2.11. The van der Waals surface area contributed by atoms with Gasteiger partial charge in [0.05, 0.1) is 0 Å². The van der Waals surface area contributed by atoms with Gasteiger partial charge in [-0.05, 0) is 30.7 Å². The second-order valence-electron chi connectivity index (χ2n) is 6.36. The fraction of sp³-hybridized carbons (Fsp3) is 0.316. The van der Waals surface area contributed by atoms with Crippen LogP contribution in [-0.2, 0) is 6.42 Å². The number of nitrogens with one attached hydrogen (secondary N) is 2. The van der Waals surface area contributed by atoms with Crippen LogP contribution >= 0.6 is 0 Å². The number of anilines is 2. The van der Waals surface area contributed by atoms with Crippen LogP contribution in [0.5, 0.6) is 0 Å². The van der Waals surface area contributed by atoms with E-state index in [1.54, 1.807) is 12.1 Å². The molecule has 3 rings (SSSR count). The maximum absolute atomic E-state index is 12.1. The van der Waals surface area contributed by atoms with Gasteiger partial charge in [-0.3, -0.25) is 4.79 Å². The van der Waals surface area contributed by atoms with Crippen LogP contribution in [0.25, 0.3) is 0 Å². The predicted molar refractivity (Wildman–Crippen MR) is 102 cm³/mol. The fourth-order valence-electron chi connectivity index (χ4n) is 2.32. The first-order chi connectivity index (χ1) is 13.1. The quantitative estimate of drug-likeness (QED) is 0.589. The van der Waals surface area contributed by atoms with E-state index in [-0.39, 0.29) is 17.5 Å². The van der Waals surface area contributed by atoms with Crippen molar-refractivity contribution < 1.29 is 9.32 Å². The number of aromatic nitrogens is 4. The molecule has 27 heavy (non-hydrogen) atoms. The summed E-state index contributed by atoms with van der Waals surface area (Å²) in [5.74, 6) is 1.94. The molecule has 0 aliphatic carbocycles. The minimum atomic E-state index is -0.294. The van der Waals surface area contributed by atoms with Gasteiger partial charge in [0.15, 0.2) is 11.5 Å². The van der Waals surface area contributed by atoms with Crippen molar-refractivity contribution in [1.29, 1.82) is 0 Å². The highest BCUT2D eigenvalue weighted by molar-refractivity contribution is 6.02. The number of amides is 1. The molecule has 0 aliphatic rings. The molecule has 1 amide bonds. The molecule has 2 aromatic heterocycles. The van der Waals surface area contributed by atoms with Crippen LogP contribution in [0.4, 0.5) is 11.5 Å². The van der Waals surface area contributed by atoms with E-state index in [0.717, 1.165) is 12.2 Å². The van der Waals surface area contributed by atoms with E-state index >= 15 is 0 Å². The maximum Gasteiger partial charge on any atom is 0.276 e. The summed E-state index contributed by atoms with van der Waals surface area (Å²) in [4.78, 5) is 16.5. The molecule has 2 heterocycles. The first-order valence-electron chi connectivity index (χ1n) is 8.88. The van der Waals surface area contributed by atoms with E-state index in [1.165, 1.54) is 0 Å². The number of hydrogen-bond acceptors (Lipinski definition) is 7. The lowest BCUT2D eigenvalue weighted by Crippen LogP contribution is -2.15. The van der Waals surface area contributed by atoms with Crippen LogP contribution in [0.1, 0.15) is 48.4 Å². The van der Waals surface area contributed by atoms with Crippen molar-refractivity contribution in [3.8, 4) is 0 Å². The van der Waals surface area contributed by atoms with E-state index < -0.39 is 0 Å². The van der Waals surface area contributed by atoms with E-state index in [9.17, 15) is 4.79 Å². The van der Waals surface area contributed by atoms with E-state index in [1.807, 2.05) is 44.2 Å². The third-order valence-electron chi connectivity index (χ3n) is 3.80. The summed E-state index contributed by atoms with van der Waals surface area (Å²) in [5.41, 5.74) is 0.977. The first kappa shape index (κ1) is 18.5. The Bertz CT molecular complexity index is 861. The Kier molecular flexibility index (Phi) is 6.09. The normalized spacial score (nSPS) is 10.8. The lowest BCUT2D eigenvalue weighted by Gasteiger charge is -2.06. The molecular weight excluding hydrogens is 344 g/mol. The third-order valence-corrected chi connectivity index (χ3v) is 3.80.